The Morgan fingerprint density at radius 1 is 0.816 bits per heavy atom. The zero-order valence-electron chi connectivity index (χ0n) is 24.1. The zero-order valence-corrected chi connectivity index (χ0v) is 24.1. The summed E-state index contributed by atoms with van der Waals surface area (Å²) >= 11 is 0. The Balaban J connectivity index is 1.35. The SMILES string of the molecule is CC1(C)C(c2ccc(B(O)O)cc2)=CCC2(C)C1CC[C@]1(C)C2CCC2C3CCC[C@]3(C(=O)O)CC[C@]21C. The summed E-state index contributed by atoms with van der Waals surface area (Å²) < 4.78 is 0. The second-order valence-electron chi connectivity index (χ2n) is 15.2. The van der Waals surface area contributed by atoms with Gasteiger partial charge in [0, 0.05) is 0 Å². The maximum Gasteiger partial charge on any atom is 0.488 e. The van der Waals surface area contributed by atoms with Gasteiger partial charge in [-0.25, -0.2) is 0 Å². The molecule has 0 aromatic heterocycles. The second kappa shape index (κ2) is 8.46. The summed E-state index contributed by atoms with van der Waals surface area (Å²) in [7, 11) is -1.43. The van der Waals surface area contributed by atoms with Crippen LogP contribution in [-0.4, -0.2) is 28.2 Å². The van der Waals surface area contributed by atoms with Crippen LogP contribution in [0.5, 0.6) is 0 Å². The van der Waals surface area contributed by atoms with Gasteiger partial charge >= 0.3 is 13.1 Å². The molecule has 3 N–H and O–H groups in total. The molecule has 0 bridgehead atoms. The molecule has 5 unspecified atom stereocenters. The van der Waals surface area contributed by atoms with Crippen molar-refractivity contribution < 1.29 is 19.9 Å². The second-order valence-corrected chi connectivity index (χ2v) is 15.2. The van der Waals surface area contributed by atoms with Gasteiger partial charge in [0.15, 0.2) is 0 Å². The molecule has 0 saturated heterocycles. The fraction of sp³-hybridized carbons (Fsp3) is 0.727. The van der Waals surface area contributed by atoms with Crippen molar-refractivity contribution in [1.82, 2.24) is 0 Å². The summed E-state index contributed by atoms with van der Waals surface area (Å²) in [5, 5.41) is 29.5. The molecule has 0 spiro atoms. The zero-order chi connectivity index (χ0) is 27.3. The van der Waals surface area contributed by atoms with E-state index in [4.69, 9.17) is 0 Å². The Labute approximate surface area is 229 Å². The molecule has 4 nitrogen and oxygen atoms in total. The number of hydrogen-bond acceptors (Lipinski definition) is 3. The van der Waals surface area contributed by atoms with Crippen LogP contribution in [0, 0.1) is 50.7 Å². The van der Waals surface area contributed by atoms with Crippen molar-refractivity contribution in [2.45, 2.75) is 98.8 Å². The van der Waals surface area contributed by atoms with E-state index in [1.54, 1.807) is 0 Å². The number of aliphatic carboxylic acids is 1. The first kappa shape index (κ1) is 26.6. The first-order valence-corrected chi connectivity index (χ1v) is 15.2. The lowest BCUT2D eigenvalue weighted by atomic mass is 9.32. The van der Waals surface area contributed by atoms with E-state index in [2.05, 4.69) is 52.8 Å². The van der Waals surface area contributed by atoms with Crippen molar-refractivity contribution in [3.63, 3.8) is 0 Å². The molecule has 38 heavy (non-hydrogen) atoms. The fourth-order valence-corrected chi connectivity index (χ4v) is 11.9. The van der Waals surface area contributed by atoms with Gasteiger partial charge in [-0.15, -0.1) is 0 Å². The summed E-state index contributed by atoms with van der Waals surface area (Å²) in [6, 6.07) is 7.80. The molecule has 0 radical (unpaired) electrons. The van der Waals surface area contributed by atoms with E-state index >= 15 is 0 Å². The smallest absolute Gasteiger partial charge is 0.481 e. The van der Waals surface area contributed by atoms with Crippen molar-refractivity contribution in [2.24, 2.45) is 50.7 Å². The van der Waals surface area contributed by atoms with Crippen molar-refractivity contribution in [2.75, 3.05) is 0 Å². The van der Waals surface area contributed by atoms with Gasteiger partial charge in [0.2, 0.25) is 0 Å². The van der Waals surface area contributed by atoms with Crippen LogP contribution in [0.2, 0.25) is 0 Å². The molecule has 6 rings (SSSR count). The maximum atomic E-state index is 12.6. The molecule has 4 fully saturated rings. The van der Waals surface area contributed by atoms with Gasteiger partial charge < -0.3 is 15.2 Å². The Kier molecular flexibility index (Phi) is 5.93. The number of carboxylic acid groups (broad SMARTS) is 1. The number of carbonyl (C=O) groups is 1. The van der Waals surface area contributed by atoms with Gasteiger partial charge in [-0.1, -0.05) is 71.4 Å². The van der Waals surface area contributed by atoms with Crippen molar-refractivity contribution in [3.05, 3.63) is 35.9 Å². The van der Waals surface area contributed by atoms with E-state index < -0.39 is 18.5 Å². The van der Waals surface area contributed by atoms with Crippen molar-refractivity contribution in [1.29, 1.82) is 0 Å². The molecule has 206 valence electrons. The van der Waals surface area contributed by atoms with Crippen LogP contribution in [0.3, 0.4) is 0 Å². The van der Waals surface area contributed by atoms with E-state index in [0.717, 1.165) is 38.5 Å². The van der Waals surface area contributed by atoms with Gasteiger partial charge in [0.25, 0.3) is 0 Å². The first-order chi connectivity index (χ1) is 17.8. The van der Waals surface area contributed by atoms with Gasteiger partial charge in [0.1, 0.15) is 0 Å². The summed E-state index contributed by atoms with van der Waals surface area (Å²) in [6.45, 7) is 12.6. The molecular formula is C33H47BO4. The lowest BCUT2D eigenvalue weighted by Gasteiger charge is -2.72. The Hall–Kier alpha value is -1.59. The van der Waals surface area contributed by atoms with Crippen LogP contribution >= 0.6 is 0 Å². The molecule has 1 aromatic carbocycles. The van der Waals surface area contributed by atoms with E-state index in [0.29, 0.717) is 29.1 Å². The molecule has 4 saturated carbocycles. The van der Waals surface area contributed by atoms with E-state index in [1.165, 1.54) is 36.8 Å². The number of hydrogen-bond donors (Lipinski definition) is 3. The van der Waals surface area contributed by atoms with Crippen molar-refractivity contribution in [3.8, 4) is 0 Å². The van der Waals surface area contributed by atoms with Gasteiger partial charge in [-0.2, -0.15) is 0 Å². The van der Waals surface area contributed by atoms with E-state index in [-0.39, 0.29) is 21.7 Å². The maximum absolute atomic E-state index is 12.6. The largest absolute Gasteiger partial charge is 0.488 e. The third-order valence-corrected chi connectivity index (χ3v) is 13.9. The minimum absolute atomic E-state index is 0.0297. The predicted octanol–water partition coefficient (Wildman–Crippen LogP) is 6.30. The quantitative estimate of drug-likeness (QED) is 0.411. The summed E-state index contributed by atoms with van der Waals surface area (Å²) in [6.07, 6.45) is 13.5. The van der Waals surface area contributed by atoms with Crippen LogP contribution < -0.4 is 5.46 Å². The molecule has 5 aliphatic rings. The standard InChI is InChI=1S/C33H47BO4/c1-29(2)23(21-8-10-22(11-9-21)34(37)38)14-17-30(3)26(29)15-18-32(5)27(30)13-12-24-25-7-6-16-33(25,28(35)36)20-19-31(24,32)4/h8-11,14,24-27,37-38H,6-7,12-13,15-20H2,1-5H3,(H,35,36)/t24?,25?,26?,27?,30?,31-,32-,33+/m1/s1. The highest BCUT2D eigenvalue weighted by Crippen LogP contribution is 2.77. The highest BCUT2D eigenvalue weighted by molar-refractivity contribution is 6.58. The Bertz CT molecular complexity index is 1160. The van der Waals surface area contributed by atoms with Crippen LogP contribution in [-0.2, 0) is 4.79 Å². The molecule has 5 aliphatic carbocycles. The summed E-state index contributed by atoms with van der Waals surface area (Å²) in [4.78, 5) is 12.6. The van der Waals surface area contributed by atoms with Gasteiger partial charge in [0.05, 0.1) is 5.41 Å². The molecule has 8 atom stereocenters. The van der Waals surface area contributed by atoms with Crippen LogP contribution in [0.4, 0.5) is 0 Å². The number of carboxylic acids is 1. The fourth-order valence-electron chi connectivity index (χ4n) is 11.9. The van der Waals surface area contributed by atoms with E-state index in [1.807, 2.05) is 12.1 Å². The third kappa shape index (κ3) is 3.27. The van der Waals surface area contributed by atoms with E-state index in [9.17, 15) is 19.9 Å². The Morgan fingerprint density at radius 2 is 1.53 bits per heavy atom. The molecule has 0 amide bonds. The first-order valence-electron chi connectivity index (χ1n) is 15.2. The Morgan fingerprint density at radius 3 is 2.18 bits per heavy atom. The van der Waals surface area contributed by atoms with Crippen molar-refractivity contribution >= 4 is 24.1 Å². The molecular weight excluding hydrogens is 471 g/mol. The lowest BCUT2D eigenvalue weighted by Crippen LogP contribution is -2.65. The lowest BCUT2D eigenvalue weighted by molar-refractivity contribution is -0.225. The number of fused-ring (bicyclic) bond motifs is 7. The number of rotatable bonds is 3. The summed E-state index contributed by atoms with van der Waals surface area (Å²) in [5.41, 5.74) is 3.39. The normalized spacial score (nSPS) is 45.2. The predicted molar refractivity (Wildman–Crippen MR) is 153 cm³/mol. The minimum Gasteiger partial charge on any atom is -0.481 e. The number of benzene rings is 1. The molecule has 0 heterocycles. The molecule has 0 aliphatic heterocycles. The highest BCUT2D eigenvalue weighted by Gasteiger charge is 2.70. The molecule has 5 heteroatoms. The van der Waals surface area contributed by atoms with Crippen LogP contribution in [0.1, 0.15) is 104 Å². The minimum atomic E-state index is -1.43. The van der Waals surface area contributed by atoms with Gasteiger partial charge in [-0.05, 0) is 120 Å². The topological polar surface area (TPSA) is 77.8 Å². The van der Waals surface area contributed by atoms with Crippen LogP contribution in [0.15, 0.2) is 30.3 Å². The van der Waals surface area contributed by atoms with Crippen LogP contribution in [0.25, 0.3) is 5.57 Å². The number of allylic oxidation sites excluding steroid dienone is 2. The third-order valence-electron chi connectivity index (χ3n) is 13.9. The summed E-state index contributed by atoms with van der Waals surface area (Å²) in [5.74, 6) is 1.62. The van der Waals surface area contributed by atoms with Gasteiger partial charge in [-0.3, -0.25) is 4.79 Å². The highest BCUT2D eigenvalue weighted by atomic mass is 16.4. The average molecular weight is 519 g/mol. The monoisotopic (exact) mass is 518 g/mol. The molecule has 1 aromatic rings. The average Bonchev–Trinajstić information content (AvgIpc) is 3.30.